The number of halogens is 7. The third-order valence-electron chi connectivity index (χ3n) is 10.5. The number of carbonyl (C=O) groups is 1. The third kappa shape index (κ3) is 7.01. The smallest absolute Gasteiger partial charge is 0.293 e. The maximum Gasteiger partial charge on any atom is 0.293 e. The van der Waals surface area contributed by atoms with Gasteiger partial charge in [0.2, 0.25) is 15.9 Å². The molecule has 2 N–H and O–H groups in total. The van der Waals surface area contributed by atoms with Crippen molar-refractivity contribution in [3.8, 4) is 16.9 Å². The van der Waals surface area contributed by atoms with Gasteiger partial charge in [-0.3, -0.25) is 28.2 Å². The zero-order valence-electron chi connectivity index (χ0n) is 31.4. The van der Waals surface area contributed by atoms with Crippen LogP contribution in [0.1, 0.15) is 53.1 Å². The highest BCUT2D eigenvalue weighted by molar-refractivity contribution is 7.92. The Labute approximate surface area is 344 Å². The molecule has 2 aromatic carbocycles. The van der Waals surface area contributed by atoms with Crippen LogP contribution in [0.5, 0.6) is 0 Å². The number of benzene rings is 2. The lowest BCUT2D eigenvalue weighted by Crippen LogP contribution is -2.38. The fourth-order valence-corrected chi connectivity index (χ4v) is 8.80. The third-order valence-corrected chi connectivity index (χ3v) is 11.4. The van der Waals surface area contributed by atoms with Gasteiger partial charge in [-0.05, 0) is 60.4 Å². The summed E-state index contributed by atoms with van der Waals surface area (Å²) >= 11 is 6.61. The number of sulfonamides is 1. The maximum atomic E-state index is 15.5. The summed E-state index contributed by atoms with van der Waals surface area (Å²) in [5.41, 5.74) is -2.13. The number of amides is 1. The first kappa shape index (κ1) is 40.0. The van der Waals surface area contributed by atoms with Crippen LogP contribution in [0.4, 0.5) is 32.2 Å². The van der Waals surface area contributed by atoms with E-state index < -0.39 is 87.7 Å². The number of fused-ring (bicyclic) bond motifs is 5. The van der Waals surface area contributed by atoms with Gasteiger partial charge in [-0.25, -0.2) is 35.9 Å². The van der Waals surface area contributed by atoms with Crippen LogP contribution in [-0.4, -0.2) is 64.9 Å². The fraction of sp³-hybridized carbons (Fsp3) is 0.263. The second kappa shape index (κ2) is 14.4. The number of anilines is 1. The van der Waals surface area contributed by atoms with Gasteiger partial charge in [0.15, 0.2) is 11.5 Å². The van der Waals surface area contributed by atoms with Crippen molar-refractivity contribution in [1.29, 1.82) is 0 Å². The molecule has 1 fully saturated rings. The highest BCUT2D eigenvalue weighted by Crippen LogP contribution is 2.68. The Morgan fingerprint density at radius 1 is 1.03 bits per heavy atom. The largest absolute Gasteiger partial charge is 0.344 e. The molecule has 23 heteroatoms. The molecule has 3 atom stereocenters. The van der Waals surface area contributed by atoms with Gasteiger partial charge in [0.1, 0.15) is 35.4 Å². The van der Waals surface area contributed by atoms with E-state index in [1.807, 2.05) is 0 Å². The Hall–Kier alpha value is -6.42. The van der Waals surface area contributed by atoms with Gasteiger partial charge in [-0.2, -0.15) is 29.2 Å². The predicted octanol–water partition coefficient (Wildman–Crippen LogP) is 5.87. The number of nitrogens with zero attached hydrogens (tertiary/aromatic N) is 9. The molecule has 1 saturated carbocycles. The second-order valence-corrected chi connectivity index (χ2v) is 16.9. The topological polar surface area (TPSA) is 184 Å². The molecule has 5 heterocycles. The molecule has 314 valence electrons. The zero-order chi connectivity index (χ0) is 43.3. The lowest BCUT2D eigenvalue weighted by atomic mass is 10.0. The summed E-state index contributed by atoms with van der Waals surface area (Å²) in [6.45, 7) is -0.999. The van der Waals surface area contributed by atoms with Crippen LogP contribution in [-0.2, 0) is 40.8 Å². The lowest BCUT2D eigenvalue weighted by molar-refractivity contribution is -0.123. The molecule has 9 rings (SSSR count). The van der Waals surface area contributed by atoms with Crippen LogP contribution in [0.2, 0.25) is 5.02 Å². The molecule has 2 aliphatic rings. The molecule has 0 aliphatic heterocycles. The number of carbonyl (C=O) groups excluding carboxylic acids is 1. The monoisotopic (exact) mass is 883 g/mol. The molecule has 61 heavy (non-hydrogen) atoms. The van der Waals surface area contributed by atoms with E-state index in [4.69, 9.17) is 16.6 Å². The zero-order valence-corrected chi connectivity index (χ0v) is 33.0. The Kier molecular flexibility index (Phi) is 9.42. The van der Waals surface area contributed by atoms with Gasteiger partial charge in [0, 0.05) is 36.6 Å². The van der Waals surface area contributed by atoms with Gasteiger partial charge in [0.25, 0.3) is 17.9 Å². The summed E-state index contributed by atoms with van der Waals surface area (Å²) in [5.74, 6) is -9.18. The van der Waals surface area contributed by atoms with E-state index in [1.54, 1.807) is 6.07 Å². The molecule has 5 aromatic heterocycles. The Bertz CT molecular complexity index is 3130. The molecule has 0 unspecified atom stereocenters. The lowest BCUT2D eigenvalue weighted by Gasteiger charge is -2.24. The minimum absolute atomic E-state index is 0.0110. The van der Waals surface area contributed by atoms with Crippen LogP contribution < -0.4 is 15.6 Å². The number of pyridine rings is 1. The molecule has 0 spiro atoms. The van der Waals surface area contributed by atoms with Gasteiger partial charge >= 0.3 is 0 Å². The van der Waals surface area contributed by atoms with Crippen LogP contribution in [0.25, 0.3) is 38.9 Å². The summed E-state index contributed by atoms with van der Waals surface area (Å²) in [7, 11) is -2.48. The molecular weight excluding hydrogens is 856 g/mol. The number of rotatable bonds is 11. The first-order valence-electron chi connectivity index (χ1n) is 18.2. The first-order valence-corrected chi connectivity index (χ1v) is 20.5. The van der Waals surface area contributed by atoms with Crippen molar-refractivity contribution < 1.29 is 39.6 Å². The predicted molar refractivity (Wildman–Crippen MR) is 207 cm³/mol. The summed E-state index contributed by atoms with van der Waals surface area (Å²) in [6, 6.07) is 8.28. The van der Waals surface area contributed by atoms with Crippen molar-refractivity contribution in [2.45, 2.75) is 43.7 Å². The molecule has 2 aliphatic carbocycles. The highest BCUT2D eigenvalue weighted by Gasteiger charge is 2.67. The summed E-state index contributed by atoms with van der Waals surface area (Å²) in [5, 5.41) is 18.3. The van der Waals surface area contributed by atoms with Gasteiger partial charge < -0.3 is 5.32 Å². The van der Waals surface area contributed by atoms with E-state index in [2.05, 4.69) is 35.4 Å². The van der Waals surface area contributed by atoms with E-state index in [0.717, 1.165) is 23.0 Å². The fourth-order valence-electron chi connectivity index (χ4n) is 8.06. The van der Waals surface area contributed by atoms with E-state index in [-0.39, 0.29) is 61.8 Å². The van der Waals surface area contributed by atoms with Crippen molar-refractivity contribution in [1.82, 2.24) is 49.6 Å². The number of alkyl halides is 4. The number of hydrogen-bond donors (Lipinski definition) is 2. The molecule has 15 nitrogen and oxygen atoms in total. The van der Waals surface area contributed by atoms with Gasteiger partial charge in [-0.1, -0.05) is 11.6 Å². The summed E-state index contributed by atoms with van der Waals surface area (Å²) < 4.78 is 118. The molecule has 1 amide bonds. The van der Waals surface area contributed by atoms with Gasteiger partial charge in [0.05, 0.1) is 57.4 Å². The highest BCUT2D eigenvalue weighted by atomic mass is 35.5. The Balaban J connectivity index is 1.26. The minimum atomic E-state index is -3.92. The van der Waals surface area contributed by atoms with Crippen LogP contribution in [0.15, 0.2) is 65.7 Å². The number of hydrogen-bond acceptors (Lipinski definition) is 10. The van der Waals surface area contributed by atoms with Crippen LogP contribution >= 0.6 is 11.6 Å². The Morgan fingerprint density at radius 2 is 1.79 bits per heavy atom. The minimum Gasteiger partial charge on any atom is -0.344 e. The van der Waals surface area contributed by atoms with Crippen LogP contribution in [0, 0.1) is 17.6 Å². The van der Waals surface area contributed by atoms with E-state index in [1.165, 1.54) is 48.4 Å². The summed E-state index contributed by atoms with van der Waals surface area (Å²) in [6.07, 6.45) is -0.00459. The van der Waals surface area contributed by atoms with Crippen molar-refractivity contribution in [2.75, 3.05) is 11.0 Å². The van der Waals surface area contributed by atoms with Crippen molar-refractivity contribution in [3.05, 3.63) is 116 Å². The number of aromatic nitrogens is 9. The van der Waals surface area contributed by atoms with Crippen molar-refractivity contribution >= 4 is 55.3 Å². The molecular formula is C38H28ClF6N11O4S. The van der Waals surface area contributed by atoms with E-state index in [0.29, 0.717) is 22.0 Å². The molecule has 0 radical (unpaired) electrons. The average molecular weight is 884 g/mol. The molecule has 7 aromatic rings. The molecule has 0 bridgehead atoms. The SMILES string of the molecule is Cn1nc(NS(C)(=O)=O)c2c(Cl)ccc(-n3c([C@H](Cc4cc(F)cc(F)c4)NC(=O)Cn4nc(C(F)F)c5c4C(F)(F)[C@@H]4C[C@H]54)nc4nc(-c5ccnnc5)ccc4c3=O)c21. The number of aryl methyl sites for hydroxylation is 1. The standard InChI is InChI=1S/C38H28ClF6N11O4S/c1-54-31-26(6-4-23(39)29(31)35(52-54)53-61(2,59)60)56-36(50-34-20(37(56)58)3-5-24(49-34)17-7-8-46-47-14-17)25(11-16-9-18(40)12-19(41)10-16)48-27(57)15-55-32-28(30(51-55)33(42)43)21-13-22(21)38(32,44)45/h3-10,12,14,21-22,25,33H,11,13,15H2,1-2H3,(H,48,57)(H,52,53)/t21-,22+,25-/m0/s1. The van der Waals surface area contributed by atoms with Crippen molar-refractivity contribution in [3.63, 3.8) is 0 Å². The van der Waals surface area contributed by atoms with E-state index >= 15 is 8.78 Å². The quantitative estimate of drug-likeness (QED) is 0.149. The van der Waals surface area contributed by atoms with Crippen LogP contribution in [0.3, 0.4) is 0 Å². The first-order chi connectivity index (χ1) is 28.9. The number of nitrogens with one attached hydrogen (secondary N) is 2. The van der Waals surface area contributed by atoms with Crippen molar-refractivity contribution in [2.24, 2.45) is 13.0 Å². The Morgan fingerprint density at radius 3 is 2.48 bits per heavy atom. The molecule has 0 saturated heterocycles. The summed E-state index contributed by atoms with van der Waals surface area (Å²) in [4.78, 5) is 38.3. The normalized spacial score (nSPS) is 17.1. The second-order valence-electron chi connectivity index (χ2n) is 14.7. The van der Waals surface area contributed by atoms with E-state index in [9.17, 15) is 35.6 Å². The average Bonchev–Trinajstić information content (AvgIpc) is 3.73. The van der Waals surface area contributed by atoms with Gasteiger partial charge in [-0.15, -0.1) is 0 Å². The maximum absolute atomic E-state index is 15.5.